The molecule has 0 spiro atoms. The normalized spacial score (nSPS) is 16.2. The Bertz CT molecular complexity index is 1280. The third-order valence-corrected chi connectivity index (χ3v) is 6.49. The number of aromatic nitrogens is 2. The van der Waals surface area contributed by atoms with Gasteiger partial charge in [-0.2, -0.15) is 4.98 Å². The maximum atomic E-state index is 5.78. The molecule has 2 aromatic carbocycles. The first-order valence-corrected chi connectivity index (χ1v) is 11.3. The van der Waals surface area contributed by atoms with Gasteiger partial charge in [0.1, 0.15) is 5.75 Å². The Morgan fingerprint density at radius 1 is 1.09 bits per heavy atom. The minimum atomic E-state index is -0.269. The van der Waals surface area contributed by atoms with Crippen LogP contribution in [0.5, 0.6) is 5.75 Å². The van der Waals surface area contributed by atoms with Gasteiger partial charge in [0.25, 0.3) is 5.89 Å². The van der Waals surface area contributed by atoms with Crippen LogP contribution in [0.1, 0.15) is 24.4 Å². The van der Waals surface area contributed by atoms with Gasteiger partial charge in [-0.3, -0.25) is 4.90 Å². The summed E-state index contributed by atoms with van der Waals surface area (Å²) in [7, 11) is 1.66. The molecule has 8 heteroatoms. The van der Waals surface area contributed by atoms with Crippen molar-refractivity contribution < 1.29 is 9.26 Å². The predicted octanol–water partition coefficient (Wildman–Crippen LogP) is 5.67. The lowest BCUT2D eigenvalue weighted by Gasteiger charge is -2.37. The molecule has 1 unspecified atom stereocenters. The Morgan fingerprint density at radius 3 is 2.69 bits per heavy atom. The number of para-hydroxylation sites is 1. The molecule has 0 amide bonds. The van der Waals surface area contributed by atoms with Crippen molar-refractivity contribution >= 4 is 39.9 Å². The fraction of sp³-hybridized carbons (Fsp3) is 0.125. The van der Waals surface area contributed by atoms with Crippen LogP contribution in [-0.4, -0.2) is 22.4 Å². The number of ether oxygens (including phenoxy) is 1. The second kappa shape index (κ2) is 8.57. The molecule has 0 aliphatic carbocycles. The topological polar surface area (TPSA) is 63.4 Å². The van der Waals surface area contributed by atoms with Crippen molar-refractivity contribution in [3.8, 4) is 16.5 Å². The molecular formula is C24H20N4O2S2. The lowest BCUT2D eigenvalue weighted by molar-refractivity contribution is 0.403. The molecule has 0 radical (unpaired) electrons. The molecule has 2 aromatic heterocycles. The monoisotopic (exact) mass is 460 g/mol. The molecule has 32 heavy (non-hydrogen) atoms. The largest absolute Gasteiger partial charge is 0.497 e. The molecule has 0 saturated heterocycles. The van der Waals surface area contributed by atoms with E-state index in [0.29, 0.717) is 16.8 Å². The van der Waals surface area contributed by atoms with E-state index < -0.39 is 0 Å². The number of benzene rings is 2. The van der Waals surface area contributed by atoms with Crippen molar-refractivity contribution in [3.63, 3.8) is 0 Å². The van der Waals surface area contributed by atoms with Crippen LogP contribution in [0.4, 0.5) is 5.69 Å². The molecule has 5 rings (SSSR count). The van der Waals surface area contributed by atoms with Gasteiger partial charge in [0.2, 0.25) is 5.82 Å². The number of allylic oxidation sites excluding steroid dienone is 1. The van der Waals surface area contributed by atoms with Crippen molar-refractivity contribution in [2.24, 2.45) is 0 Å². The number of thiophene rings is 1. The highest BCUT2D eigenvalue weighted by atomic mass is 32.1. The highest BCUT2D eigenvalue weighted by Crippen LogP contribution is 2.40. The molecule has 1 N–H and O–H groups in total. The highest BCUT2D eigenvalue weighted by Gasteiger charge is 2.35. The van der Waals surface area contributed by atoms with Crippen molar-refractivity contribution in [2.45, 2.75) is 13.0 Å². The summed E-state index contributed by atoms with van der Waals surface area (Å²) in [5.41, 5.74) is 3.74. The lowest BCUT2D eigenvalue weighted by atomic mass is 9.94. The third kappa shape index (κ3) is 3.68. The van der Waals surface area contributed by atoms with Gasteiger partial charge in [-0.05, 0) is 60.4 Å². The number of anilines is 1. The summed E-state index contributed by atoms with van der Waals surface area (Å²) in [5, 5.41) is 10.3. The van der Waals surface area contributed by atoms with E-state index in [1.807, 2.05) is 83.9 Å². The van der Waals surface area contributed by atoms with Crippen LogP contribution in [0.15, 0.2) is 82.3 Å². The summed E-state index contributed by atoms with van der Waals surface area (Å²) < 4.78 is 11.2. The second-order valence-corrected chi connectivity index (χ2v) is 8.56. The predicted molar refractivity (Wildman–Crippen MR) is 131 cm³/mol. The summed E-state index contributed by atoms with van der Waals surface area (Å²) >= 11 is 7.35. The van der Waals surface area contributed by atoms with Crippen LogP contribution in [0.2, 0.25) is 0 Å². The molecule has 1 atom stereocenters. The summed E-state index contributed by atoms with van der Waals surface area (Å²) in [5.74, 6) is 1.79. The molecule has 0 fully saturated rings. The molecule has 6 nitrogen and oxygen atoms in total. The Kier molecular flexibility index (Phi) is 5.46. The molecule has 160 valence electrons. The minimum Gasteiger partial charge on any atom is -0.497 e. The fourth-order valence-corrected chi connectivity index (χ4v) is 4.83. The fourth-order valence-electron chi connectivity index (χ4n) is 3.82. The van der Waals surface area contributed by atoms with Gasteiger partial charge in [0, 0.05) is 11.4 Å². The molecule has 0 saturated carbocycles. The maximum absolute atomic E-state index is 5.78. The summed E-state index contributed by atoms with van der Waals surface area (Å²) in [6, 6.07) is 21.6. The van der Waals surface area contributed by atoms with Gasteiger partial charge in [0.15, 0.2) is 5.11 Å². The Hall–Kier alpha value is -3.49. The Balaban J connectivity index is 1.67. The molecule has 3 heterocycles. The van der Waals surface area contributed by atoms with Gasteiger partial charge < -0.3 is 14.6 Å². The highest BCUT2D eigenvalue weighted by molar-refractivity contribution is 7.80. The van der Waals surface area contributed by atoms with Gasteiger partial charge >= 0.3 is 0 Å². The van der Waals surface area contributed by atoms with E-state index >= 15 is 0 Å². The van der Waals surface area contributed by atoms with Crippen molar-refractivity contribution in [1.82, 2.24) is 15.5 Å². The van der Waals surface area contributed by atoms with E-state index in [2.05, 4.69) is 10.5 Å². The number of nitrogens with one attached hydrogen (secondary N) is 1. The van der Waals surface area contributed by atoms with Crippen LogP contribution in [0.25, 0.3) is 16.3 Å². The van der Waals surface area contributed by atoms with Crippen LogP contribution < -0.4 is 15.0 Å². The van der Waals surface area contributed by atoms with Crippen LogP contribution in [0.3, 0.4) is 0 Å². The number of hydrogen-bond acceptors (Lipinski definition) is 6. The Labute approximate surface area is 195 Å². The van der Waals surface area contributed by atoms with Crippen LogP contribution in [0, 0.1) is 0 Å². The van der Waals surface area contributed by atoms with E-state index in [4.69, 9.17) is 26.5 Å². The smallest absolute Gasteiger partial charge is 0.258 e. The van der Waals surface area contributed by atoms with Gasteiger partial charge in [-0.15, -0.1) is 11.3 Å². The first kappa shape index (κ1) is 20.4. The van der Waals surface area contributed by atoms with Gasteiger partial charge in [-0.25, -0.2) is 0 Å². The molecular weight excluding hydrogens is 440 g/mol. The van der Waals surface area contributed by atoms with E-state index in [0.717, 1.165) is 33.1 Å². The van der Waals surface area contributed by atoms with Crippen molar-refractivity contribution in [2.75, 3.05) is 12.0 Å². The summed E-state index contributed by atoms with van der Waals surface area (Å²) in [6.07, 6.45) is 0. The van der Waals surface area contributed by atoms with E-state index in [1.54, 1.807) is 18.4 Å². The standard InChI is InChI=1S/C24H20N4O2S2/c1-15-20(23-26-22(27-30-23)19-12-7-13-32-19)21(16-8-6-11-18(14-16)29-2)25-24(31)28(15)17-9-4-3-5-10-17/h3-14,21H,1-2H3,(H,25,31). The zero-order valence-corrected chi connectivity index (χ0v) is 19.1. The zero-order chi connectivity index (χ0) is 22.1. The van der Waals surface area contributed by atoms with Crippen molar-refractivity contribution in [1.29, 1.82) is 0 Å². The average Bonchev–Trinajstić information content (AvgIpc) is 3.52. The summed E-state index contributed by atoms with van der Waals surface area (Å²) in [4.78, 5) is 7.68. The number of nitrogens with zero attached hydrogens (tertiary/aromatic N) is 3. The second-order valence-electron chi connectivity index (χ2n) is 7.23. The first-order chi connectivity index (χ1) is 15.7. The SMILES string of the molecule is COc1cccc(C2NC(=S)N(c3ccccc3)C(C)=C2c2nc(-c3cccs3)no2)c1. The zero-order valence-electron chi connectivity index (χ0n) is 17.5. The summed E-state index contributed by atoms with van der Waals surface area (Å²) in [6.45, 7) is 2.03. The van der Waals surface area contributed by atoms with E-state index in [9.17, 15) is 0 Å². The van der Waals surface area contributed by atoms with Crippen LogP contribution >= 0.6 is 23.6 Å². The number of methoxy groups -OCH3 is 1. The number of thiocarbonyl (C=S) groups is 1. The molecule has 4 aromatic rings. The number of rotatable bonds is 5. The molecule has 1 aliphatic rings. The minimum absolute atomic E-state index is 0.269. The average molecular weight is 461 g/mol. The molecule has 1 aliphatic heterocycles. The van der Waals surface area contributed by atoms with Gasteiger partial charge in [-0.1, -0.05) is 41.6 Å². The lowest BCUT2D eigenvalue weighted by Crippen LogP contribution is -2.46. The number of hydrogen-bond donors (Lipinski definition) is 1. The van der Waals surface area contributed by atoms with E-state index in [-0.39, 0.29) is 6.04 Å². The quantitative estimate of drug-likeness (QED) is 0.385. The van der Waals surface area contributed by atoms with Crippen molar-refractivity contribution in [3.05, 3.63) is 89.3 Å². The van der Waals surface area contributed by atoms with E-state index in [1.165, 1.54) is 0 Å². The van der Waals surface area contributed by atoms with Crippen LogP contribution in [-0.2, 0) is 0 Å². The molecule has 0 bridgehead atoms. The third-order valence-electron chi connectivity index (χ3n) is 5.32. The first-order valence-electron chi connectivity index (χ1n) is 10.0. The van der Waals surface area contributed by atoms with Gasteiger partial charge in [0.05, 0.1) is 23.6 Å². The Morgan fingerprint density at radius 2 is 1.94 bits per heavy atom. The maximum Gasteiger partial charge on any atom is 0.258 e.